The van der Waals surface area contributed by atoms with E-state index in [-0.39, 0.29) is 10.8 Å². The Morgan fingerprint density at radius 1 is 0.857 bits per heavy atom. The molecule has 0 heterocycles. The number of hydrogen-bond donors (Lipinski definition) is 1. The number of allylic oxidation sites excluding steroid dienone is 3. The SMILES string of the molecule is CC(=C/C(C)(C)C)/C(O)=C\C(C)(C)C. The Bertz CT molecular complexity index is 215. The summed E-state index contributed by atoms with van der Waals surface area (Å²) in [4.78, 5) is 0. The van der Waals surface area contributed by atoms with Gasteiger partial charge in [-0.25, -0.2) is 0 Å². The van der Waals surface area contributed by atoms with E-state index in [0.717, 1.165) is 5.57 Å². The summed E-state index contributed by atoms with van der Waals surface area (Å²) in [6, 6.07) is 0. The molecule has 0 radical (unpaired) electrons. The van der Waals surface area contributed by atoms with E-state index in [1.54, 1.807) is 0 Å². The molecular weight excluding hydrogens is 172 g/mol. The van der Waals surface area contributed by atoms with Gasteiger partial charge in [0.15, 0.2) is 0 Å². The smallest absolute Gasteiger partial charge is 0.114 e. The van der Waals surface area contributed by atoms with Crippen LogP contribution in [0.2, 0.25) is 0 Å². The fourth-order valence-corrected chi connectivity index (χ4v) is 1.25. The maximum Gasteiger partial charge on any atom is 0.114 e. The second-order valence-corrected chi connectivity index (χ2v) is 6.09. The number of aliphatic hydroxyl groups excluding tert-OH is 1. The van der Waals surface area contributed by atoms with Gasteiger partial charge in [0.25, 0.3) is 0 Å². The van der Waals surface area contributed by atoms with E-state index >= 15 is 0 Å². The largest absolute Gasteiger partial charge is 0.508 e. The van der Waals surface area contributed by atoms with Crippen LogP contribution in [0.25, 0.3) is 0 Å². The maximum absolute atomic E-state index is 9.81. The lowest BCUT2D eigenvalue weighted by molar-refractivity contribution is 0.398. The minimum atomic E-state index is 0.0249. The highest BCUT2D eigenvalue weighted by Gasteiger charge is 2.11. The summed E-state index contributed by atoms with van der Waals surface area (Å²) in [6.07, 6.45) is 3.98. The number of aliphatic hydroxyl groups is 1. The molecule has 0 saturated carbocycles. The summed E-state index contributed by atoms with van der Waals surface area (Å²) in [7, 11) is 0. The molecule has 0 rings (SSSR count). The molecule has 0 unspecified atom stereocenters. The molecule has 1 N–H and O–H groups in total. The van der Waals surface area contributed by atoms with Gasteiger partial charge in [0.05, 0.1) is 0 Å². The van der Waals surface area contributed by atoms with E-state index in [1.165, 1.54) is 0 Å². The summed E-state index contributed by atoms with van der Waals surface area (Å²) in [5, 5.41) is 9.81. The summed E-state index contributed by atoms with van der Waals surface area (Å²) in [5.74, 6) is 0.396. The summed E-state index contributed by atoms with van der Waals surface area (Å²) in [5.41, 5.74) is 1.09. The lowest BCUT2D eigenvalue weighted by Crippen LogP contribution is -2.05. The first kappa shape index (κ1) is 13.3. The number of hydrogen-bond acceptors (Lipinski definition) is 1. The maximum atomic E-state index is 9.81. The van der Waals surface area contributed by atoms with Crippen LogP contribution in [0.15, 0.2) is 23.5 Å². The summed E-state index contributed by atoms with van der Waals surface area (Å²) < 4.78 is 0. The third-order valence-electron chi connectivity index (χ3n) is 1.62. The van der Waals surface area contributed by atoms with Crippen molar-refractivity contribution in [2.45, 2.75) is 48.5 Å². The lowest BCUT2D eigenvalue weighted by atomic mass is 9.90. The van der Waals surface area contributed by atoms with Gasteiger partial charge in [0.2, 0.25) is 0 Å². The monoisotopic (exact) mass is 196 g/mol. The molecule has 1 nitrogen and oxygen atoms in total. The Kier molecular flexibility index (Phi) is 3.99. The standard InChI is InChI=1S/C13H24O/c1-10(8-12(2,3)4)11(14)9-13(5,6)7/h8-9,14H,1-7H3/b10-8-,11-9+. The Labute approximate surface area is 88.5 Å². The minimum Gasteiger partial charge on any atom is -0.508 e. The van der Waals surface area contributed by atoms with Crippen molar-refractivity contribution in [2.75, 3.05) is 0 Å². The highest BCUT2D eigenvalue weighted by Crippen LogP contribution is 2.23. The predicted octanol–water partition coefficient (Wildman–Crippen LogP) is 4.47. The van der Waals surface area contributed by atoms with Gasteiger partial charge in [-0.05, 0) is 29.4 Å². The average Bonchev–Trinajstić information content (AvgIpc) is 1.78. The van der Waals surface area contributed by atoms with E-state index in [9.17, 15) is 5.11 Å². The van der Waals surface area contributed by atoms with Crippen LogP contribution >= 0.6 is 0 Å². The molecule has 0 aromatic rings. The van der Waals surface area contributed by atoms with Crippen molar-refractivity contribution in [1.82, 2.24) is 0 Å². The molecule has 0 aliphatic heterocycles. The van der Waals surface area contributed by atoms with Crippen molar-refractivity contribution in [3.8, 4) is 0 Å². The van der Waals surface area contributed by atoms with E-state index in [0.29, 0.717) is 5.76 Å². The Hall–Kier alpha value is -0.720. The summed E-state index contributed by atoms with van der Waals surface area (Å²) in [6.45, 7) is 14.6. The topological polar surface area (TPSA) is 20.2 Å². The fraction of sp³-hybridized carbons (Fsp3) is 0.692. The van der Waals surface area contributed by atoms with Crippen LogP contribution in [-0.4, -0.2) is 5.11 Å². The zero-order valence-corrected chi connectivity index (χ0v) is 10.6. The van der Waals surface area contributed by atoms with E-state index in [2.05, 4.69) is 47.6 Å². The Morgan fingerprint density at radius 2 is 1.21 bits per heavy atom. The molecule has 0 bridgehead atoms. The predicted molar refractivity (Wildman–Crippen MR) is 63.4 cm³/mol. The van der Waals surface area contributed by atoms with Gasteiger partial charge in [-0.3, -0.25) is 0 Å². The second kappa shape index (κ2) is 4.20. The molecule has 0 aliphatic carbocycles. The van der Waals surface area contributed by atoms with Crippen molar-refractivity contribution in [3.05, 3.63) is 23.5 Å². The molecule has 0 aromatic carbocycles. The third kappa shape index (κ3) is 6.76. The van der Waals surface area contributed by atoms with Crippen molar-refractivity contribution in [3.63, 3.8) is 0 Å². The molecule has 0 atom stereocenters. The van der Waals surface area contributed by atoms with E-state index < -0.39 is 0 Å². The Balaban J connectivity index is 4.81. The molecule has 0 aromatic heterocycles. The zero-order chi connectivity index (χ0) is 11.6. The van der Waals surface area contributed by atoms with Crippen molar-refractivity contribution in [2.24, 2.45) is 10.8 Å². The highest BCUT2D eigenvalue weighted by molar-refractivity contribution is 5.25. The van der Waals surface area contributed by atoms with Gasteiger partial charge in [0.1, 0.15) is 5.76 Å². The molecular formula is C13H24O. The normalized spacial score (nSPS) is 15.9. The van der Waals surface area contributed by atoms with Crippen LogP contribution in [0.3, 0.4) is 0 Å². The molecule has 14 heavy (non-hydrogen) atoms. The number of rotatable bonds is 1. The minimum absolute atomic E-state index is 0.0249. The first-order chi connectivity index (χ1) is 6.01. The fourth-order valence-electron chi connectivity index (χ4n) is 1.25. The molecule has 0 saturated heterocycles. The molecule has 1 heteroatoms. The highest BCUT2D eigenvalue weighted by atomic mass is 16.3. The second-order valence-electron chi connectivity index (χ2n) is 6.09. The molecule has 82 valence electrons. The van der Waals surface area contributed by atoms with Crippen molar-refractivity contribution >= 4 is 0 Å². The average molecular weight is 196 g/mol. The van der Waals surface area contributed by atoms with Crippen LogP contribution < -0.4 is 0 Å². The first-order valence-electron chi connectivity index (χ1n) is 5.13. The van der Waals surface area contributed by atoms with Gasteiger partial charge >= 0.3 is 0 Å². The zero-order valence-electron chi connectivity index (χ0n) is 10.6. The van der Waals surface area contributed by atoms with Gasteiger partial charge in [-0.2, -0.15) is 0 Å². The van der Waals surface area contributed by atoms with Crippen LogP contribution in [0, 0.1) is 10.8 Å². The summed E-state index contributed by atoms with van der Waals surface area (Å²) >= 11 is 0. The quantitative estimate of drug-likeness (QED) is 0.484. The van der Waals surface area contributed by atoms with Gasteiger partial charge in [-0.1, -0.05) is 47.6 Å². The van der Waals surface area contributed by atoms with Crippen molar-refractivity contribution in [1.29, 1.82) is 0 Å². The third-order valence-corrected chi connectivity index (χ3v) is 1.62. The molecule has 0 fully saturated rings. The van der Waals surface area contributed by atoms with E-state index in [1.807, 2.05) is 13.0 Å². The lowest BCUT2D eigenvalue weighted by Gasteiger charge is -2.17. The van der Waals surface area contributed by atoms with Crippen LogP contribution in [0.5, 0.6) is 0 Å². The van der Waals surface area contributed by atoms with Crippen LogP contribution in [0.1, 0.15) is 48.5 Å². The van der Waals surface area contributed by atoms with Gasteiger partial charge in [0, 0.05) is 0 Å². The molecule has 0 amide bonds. The molecule has 0 aliphatic rings. The Morgan fingerprint density at radius 3 is 1.50 bits per heavy atom. The van der Waals surface area contributed by atoms with Crippen LogP contribution in [-0.2, 0) is 0 Å². The van der Waals surface area contributed by atoms with E-state index in [4.69, 9.17) is 0 Å². The van der Waals surface area contributed by atoms with Crippen LogP contribution in [0.4, 0.5) is 0 Å². The van der Waals surface area contributed by atoms with Gasteiger partial charge in [-0.15, -0.1) is 0 Å². The van der Waals surface area contributed by atoms with Crippen molar-refractivity contribution < 1.29 is 5.11 Å². The van der Waals surface area contributed by atoms with Gasteiger partial charge < -0.3 is 5.11 Å². The molecule has 0 spiro atoms. The first-order valence-corrected chi connectivity index (χ1v) is 5.13.